The lowest BCUT2D eigenvalue weighted by atomic mass is 10.1. The first-order valence-electron chi connectivity index (χ1n) is 8.49. The first kappa shape index (κ1) is 21.2. The summed E-state index contributed by atoms with van der Waals surface area (Å²) in [6, 6.07) is 21.0. The van der Waals surface area contributed by atoms with Gasteiger partial charge in [0.05, 0.1) is 0 Å². The third-order valence-electron chi connectivity index (χ3n) is 3.97. The summed E-state index contributed by atoms with van der Waals surface area (Å²) >= 11 is 11.1. The lowest BCUT2D eigenvalue weighted by molar-refractivity contribution is 0.525. The third kappa shape index (κ3) is 7.66. The molecule has 0 fully saturated rings. The molecular weight excluding hydrogens is 397 g/mol. The van der Waals surface area contributed by atoms with Crippen LogP contribution >= 0.6 is 46.0 Å². The molecule has 2 nitrogen and oxygen atoms in total. The first-order valence-corrected chi connectivity index (χ1v) is 11.5. The van der Waals surface area contributed by atoms with E-state index in [9.17, 15) is 0 Å². The van der Waals surface area contributed by atoms with Gasteiger partial charge in [0.25, 0.3) is 0 Å². The molecule has 0 radical (unpaired) electrons. The Labute approximate surface area is 175 Å². The highest BCUT2D eigenvalue weighted by molar-refractivity contribution is 8.89. The second kappa shape index (κ2) is 11.6. The Morgan fingerprint density at radius 2 is 1.04 bits per heavy atom. The van der Waals surface area contributed by atoms with Crippen molar-refractivity contribution in [3.8, 4) is 0 Å². The average molecular weight is 421 g/mol. The number of nitrogens with zero attached hydrogens (tertiary/aromatic N) is 2. The predicted molar refractivity (Wildman–Crippen MR) is 126 cm³/mol. The highest BCUT2D eigenvalue weighted by Gasteiger charge is 2.11. The Bertz CT molecular complexity index is 630. The smallest absolute Gasteiger partial charge is 0.147 e. The van der Waals surface area contributed by atoms with Crippen LogP contribution in [0.2, 0.25) is 0 Å². The van der Waals surface area contributed by atoms with Crippen LogP contribution in [0.15, 0.2) is 60.7 Å². The van der Waals surface area contributed by atoms with Crippen LogP contribution in [-0.2, 0) is 12.8 Å². The van der Waals surface area contributed by atoms with Gasteiger partial charge in [-0.2, -0.15) is 0 Å². The van der Waals surface area contributed by atoms with Crippen LogP contribution in [0.4, 0.5) is 0 Å². The van der Waals surface area contributed by atoms with Gasteiger partial charge >= 0.3 is 0 Å². The summed E-state index contributed by atoms with van der Waals surface area (Å²) in [6.07, 6.45) is 1.98. The molecule has 138 valence electrons. The third-order valence-corrected chi connectivity index (χ3v) is 7.91. The molecule has 2 aromatic carbocycles. The quantitative estimate of drug-likeness (QED) is 0.460. The number of likely N-dealkylation sites (N-methyl/N-ethyl adjacent to an activating group) is 2. The Morgan fingerprint density at radius 3 is 1.38 bits per heavy atom. The molecule has 0 saturated heterocycles. The monoisotopic (exact) mass is 420 g/mol. The molecule has 0 saturated carbocycles. The van der Waals surface area contributed by atoms with E-state index in [2.05, 4.69) is 58.3 Å². The minimum Gasteiger partial charge on any atom is -0.360 e. The predicted octanol–water partition coefficient (Wildman–Crippen LogP) is 5.29. The number of benzene rings is 2. The van der Waals surface area contributed by atoms with Gasteiger partial charge in [-0.05, 0) is 45.6 Å². The van der Waals surface area contributed by atoms with E-state index in [1.807, 2.05) is 26.2 Å². The lowest BCUT2D eigenvalue weighted by Gasteiger charge is -2.22. The van der Waals surface area contributed by atoms with Gasteiger partial charge in [-0.15, -0.1) is 0 Å². The summed E-state index contributed by atoms with van der Waals surface area (Å²) in [5.41, 5.74) is 2.66. The second-order valence-corrected chi connectivity index (χ2v) is 9.41. The van der Waals surface area contributed by atoms with Gasteiger partial charge in [-0.25, -0.2) is 0 Å². The topological polar surface area (TPSA) is 6.48 Å². The van der Waals surface area contributed by atoms with Crippen LogP contribution in [0.25, 0.3) is 0 Å². The largest absolute Gasteiger partial charge is 0.360 e. The Balaban J connectivity index is 1.67. The van der Waals surface area contributed by atoms with Crippen molar-refractivity contribution < 1.29 is 0 Å². The molecule has 0 N–H and O–H groups in total. The van der Waals surface area contributed by atoms with Gasteiger partial charge in [0.2, 0.25) is 0 Å². The van der Waals surface area contributed by atoms with E-state index < -0.39 is 0 Å². The minimum atomic E-state index is 0.866. The van der Waals surface area contributed by atoms with E-state index in [0.29, 0.717) is 0 Å². The van der Waals surface area contributed by atoms with Crippen molar-refractivity contribution in [1.29, 1.82) is 0 Å². The lowest BCUT2D eigenvalue weighted by Crippen LogP contribution is -2.26. The van der Waals surface area contributed by atoms with Crippen molar-refractivity contribution in [3.63, 3.8) is 0 Å². The zero-order chi connectivity index (χ0) is 18.8. The molecule has 0 bridgehead atoms. The zero-order valence-corrected chi connectivity index (χ0v) is 18.4. The maximum absolute atomic E-state index is 5.53. The maximum atomic E-state index is 5.53. The van der Waals surface area contributed by atoms with Crippen molar-refractivity contribution in [2.24, 2.45) is 0 Å². The van der Waals surface area contributed by atoms with Crippen molar-refractivity contribution in [1.82, 2.24) is 9.80 Å². The molecule has 2 rings (SSSR count). The van der Waals surface area contributed by atoms with E-state index in [0.717, 1.165) is 34.6 Å². The highest BCUT2D eigenvalue weighted by atomic mass is 33.1. The summed E-state index contributed by atoms with van der Waals surface area (Å²) in [5, 5.41) is 0. The zero-order valence-electron chi connectivity index (χ0n) is 15.1. The summed E-state index contributed by atoms with van der Waals surface area (Å²) in [7, 11) is 7.22. The van der Waals surface area contributed by atoms with Crippen LogP contribution in [0.3, 0.4) is 0 Å². The minimum absolute atomic E-state index is 0.866. The molecule has 6 heteroatoms. The fourth-order valence-electron chi connectivity index (χ4n) is 2.26. The SMILES string of the molecule is CN(CCc1ccccc1)C(=S)SSC(=S)N(C)CCc1ccccc1. The Hall–Kier alpha value is -1.08. The summed E-state index contributed by atoms with van der Waals surface area (Å²) in [6.45, 7) is 1.82. The average Bonchev–Trinajstić information content (AvgIpc) is 2.69. The Morgan fingerprint density at radius 1 is 0.692 bits per heavy atom. The number of hydrogen-bond donors (Lipinski definition) is 0. The van der Waals surface area contributed by atoms with E-state index in [-0.39, 0.29) is 0 Å². The molecule has 0 atom stereocenters. The van der Waals surface area contributed by atoms with E-state index >= 15 is 0 Å². The van der Waals surface area contributed by atoms with E-state index in [1.165, 1.54) is 11.1 Å². The van der Waals surface area contributed by atoms with Crippen LogP contribution in [-0.4, -0.2) is 45.6 Å². The molecule has 0 aliphatic rings. The molecule has 0 spiro atoms. The van der Waals surface area contributed by atoms with Gasteiger partial charge < -0.3 is 9.80 Å². The van der Waals surface area contributed by atoms with Crippen molar-refractivity contribution in [2.75, 3.05) is 27.2 Å². The van der Waals surface area contributed by atoms with Crippen LogP contribution in [0.1, 0.15) is 11.1 Å². The maximum Gasteiger partial charge on any atom is 0.147 e. The number of hydrogen-bond acceptors (Lipinski definition) is 4. The van der Waals surface area contributed by atoms with Gasteiger partial charge in [0.15, 0.2) is 0 Å². The van der Waals surface area contributed by atoms with E-state index in [4.69, 9.17) is 24.4 Å². The van der Waals surface area contributed by atoms with Crippen LogP contribution in [0.5, 0.6) is 0 Å². The van der Waals surface area contributed by atoms with E-state index in [1.54, 1.807) is 21.6 Å². The van der Waals surface area contributed by atoms with Gasteiger partial charge in [0.1, 0.15) is 8.64 Å². The van der Waals surface area contributed by atoms with Gasteiger partial charge in [-0.1, -0.05) is 85.1 Å². The summed E-state index contributed by atoms with van der Waals surface area (Å²) < 4.78 is 1.73. The van der Waals surface area contributed by atoms with Crippen molar-refractivity contribution in [3.05, 3.63) is 71.8 Å². The van der Waals surface area contributed by atoms with Crippen LogP contribution in [0, 0.1) is 0 Å². The Kier molecular flexibility index (Phi) is 9.46. The second-order valence-electron chi connectivity index (χ2n) is 6.01. The molecule has 0 amide bonds. The number of rotatable bonds is 6. The fourth-order valence-corrected chi connectivity index (χ4v) is 4.83. The summed E-state index contributed by atoms with van der Waals surface area (Å²) in [4.78, 5) is 4.24. The molecule has 0 heterocycles. The van der Waals surface area contributed by atoms with Gasteiger partial charge in [-0.3, -0.25) is 0 Å². The normalized spacial score (nSPS) is 10.4. The standard InChI is InChI=1S/C20H24N2S4/c1-21(15-13-17-9-5-3-6-10-17)19(23)25-26-20(24)22(2)16-14-18-11-7-4-8-12-18/h3-12H,13-16H2,1-2H3. The van der Waals surface area contributed by atoms with Crippen LogP contribution < -0.4 is 0 Å². The van der Waals surface area contributed by atoms with Crippen molar-refractivity contribution >= 4 is 54.7 Å². The molecule has 0 unspecified atom stereocenters. The molecular formula is C20H24N2S4. The molecule has 2 aromatic rings. The molecule has 0 aliphatic carbocycles. The fraction of sp³-hybridized carbons (Fsp3) is 0.300. The molecule has 0 aromatic heterocycles. The summed E-state index contributed by atoms with van der Waals surface area (Å²) in [5.74, 6) is 0. The first-order chi connectivity index (χ1) is 12.6. The van der Waals surface area contributed by atoms with Gasteiger partial charge in [0, 0.05) is 27.2 Å². The molecule has 0 aliphatic heterocycles. The number of thiocarbonyl (C=S) groups is 2. The van der Waals surface area contributed by atoms with Crippen molar-refractivity contribution in [2.45, 2.75) is 12.8 Å². The highest BCUT2D eigenvalue weighted by Crippen LogP contribution is 2.27. The molecule has 26 heavy (non-hydrogen) atoms.